The van der Waals surface area contributed by atoms with Crippen molar-refractivity contribution in [3.8, 4) is 0 Å². The van der Waals surface area contributed by atoms with Gasteiger partial charge in [-0.25, -0.2) is 0 Å². The topological polar surface area (TPSA) is 241 Å². The monoisotopic (exact) mass is 538 g/mol. The van der Waals surface area contributed by atoms with Crippen molar-refractivity contribution in [2.24, 2.45) is 0 Å². The molecule has 15 nitrogen and oxygen atoms in total. The van der Waals surface area contributed by atoms with Gasteiger partial charge in [0.15, 0.2) is 17.3 Å². The van der Waals surface area contributed by atoms with Crippen LogP contribution in [0, 0.1) is 30.3 Å². The molecule has 0 aliphatic rings. The Morgan fingerprint density at radius 2 is 0.645 bits per heavy atom. The number of nitrogens with zero attached hydrogens (tertiary/aromatic N) is 3. The third-order valence-electron chi connectivity index (χ3n) is 2.58. The summed E-state index contributed by atoms with van der Waals surface area (Å²) in [5.74, 6) is -3.91. The zero-order chi connectivity index (χ0) is 24.9. The van der Waals surface area contributed by atoms with Gasteiger partial charge in [0, 0.05) is 61.0 Å². The molecule has 16 heteroatoms. The first-order valence-corrected chi connectivity index (χ1v) is 7.55. The van der Waals surface area contributed by atoms with Crippen LogP contribution in [0.2, 0.25) is 0 Å². The SMILES string of the molecule is CC(=O)/C(=C(/C)O)[N+](=O)[O-].CC(=O)/C(=C(/C)O)[N+](=O)[O-].CC(=O)/C(=C(/C)O)[N+](=O)[O-].[Rh]. The molecule has 0 aromatic heterocycles. The molecule has 0 aromatic rings. The summed E-state index contributed by atoms with van der Waals surface area (Å²) in [6.45, 7) is 6.37. The Hall–Kier alpha value is -3.55. The second-order valence-corrected chi connectivity index (χ2v) is 5.24. The van der Waals surface area contributed by atoms with Gasteiger partial charge in [0.1, 0.15) is 0 Å². The van der Waals surface area contributed by atoms with Crippen molar-refractivity contribution in [3.63, 3.8) is 0 Å². The van der Waals surface area contributed by atoms with Crippen molar-refractivity contribution in [1.29, 1.82) is 0 Å². The number of Topliss-reactive ketones (excluding diaryl/α,β-unsaturated/α-hetero) is 3. The number of rotatable bonds is 6. The Kier molecular flexibility index (Phi) is 18.3. The summed E-state index contributed by atoms with van der Waals surface area (Å²) in [7, 11) is 0. The molecule has 3 N–H and O–H groups in total. The first-order valence-electron chi connectivity index (χ1n) is 7.55. The van der Waals surface area contributed by atoms with E-state index in [1.54, 1.807) is 0 Å². The fraction of sp³-hybridized carbons (Fsp3) is 0.400. The van der Waals surface area contributed by atoms with E-state index in [0.717, 1.165) is 41.5 Å². The Morgan fingerprint density at radius 1 is 0.516 bits per heavy atom. The summed E-state index contributed by atoms with van der Waals surface area (Å²) in [5, 5.41) is 55.6. The molecule has 1 radical (unpaired) electrons. The van der Waals surface area contributed by atoms with Crippen LogP contribution in [0.5, 0.6) is 0 Å². The van der Waals surface area contributed by atoms with E-state index in [1.807, 2.05) is 0 Å². The second kappa shape index (κ2) is 16.3. The fourth-order valence-electron chi connectivity index (χ4n) is 1.55. The van der Waals surface area contributed by atoms with E-state index in [2.05, 4.69) is 0 Å². The predicted octanol–water partition coefficient (Wildman–Crippen LogP) is 1.92. The zero-order valence-electron chi connectivity index (χ0n) is 17.2. The van der Waals surface area contributed by atoms with Crippen molar-refractivity contribution in [2.75, 3.05) is 0 Å². The molecule has 0 unspecified atom stereocenters. The van der Waals surface area contributed by atoms with Gasteiger partial charge in [-0.2, -0.15) is 0 Å². The van der Waals surface area contributed by atoms with Gasteiger partial charge in [-0.15, -0.1) is 0 Å². The normalized spacial score (nSPS) is 11.8. The molecule has 0 heterocycles. The summed E-state index contributed by atoms with van der Waals surface area (Å²) in [6, 6.07) is 0. The van der Waals surface area contributed by atoms with Crippen molar-refractivity contribution >= 4 is 17.3 Å². The molecule has 0 spiro atoms. The third-order valence-corrected chi connectivity index (χ3v) is 2.58. The van der Waals surface area contributed by atoms with Gasteiger partial charge in [0.25, 0.3) is 0 Å². The van der Waals surface area contributed by atoms with E-state index in [1.165, 1.54) is 0 Å². The Bertz CT molecular complexity index is 673. The first kappa shape index (κ1) is 34.9. The van der Waals surface area contributed by atoms with E-state index in [0.29, 0.717) is 0 Å². The molecule has 0 amide bonds. The maximum absolute atomic E-state index is 10.4. The molecule has 0 atom stereocenters. The summed E-state index contributed by atoms with van der Waals surface area (Å²) < 4.78 is 0. The molecule has 0 saturated carbocycles. The van der Waals surface area contributed by atoms with Gasteiger partial charge in [0.05, 0.1) is 14.8 Å². The number of ketones is 3. The Labute approximate surface area is 188 Å². The third kappa shape index (κ3) is 15.0. The summed E-state index contributed by atoms with van der Waals surface area (Å²) in [4.78, 5) is 58.2. The van der Waals surface area contributed by atoms with E-state index in [-0.39, 0.29) is 19.5 Å². The molecule has 0 rings (SSSR count). The maximum Gasteiger partial charge on any atom is 0.348 e. The van der Waals surface area contributed by atoms with Crippen LogP contribution in [0.3, 0.4) is 0 Å². The molecule has 0 fully saturated rings. The molecule has 0 aliphatic carbocycles. The Balaban J connectivity index is -0.000000174. The van der Waals surface area contributed by atoms with Crippen molar-refractivity contribution in [3.05, 3.63) is 64.7 Å². The van der Waals surface area contributed by atoms with Gasteiger partial charge in [-0.3, -0.25) is 44.7 Å². The number of aliphatic hydroxyl groups is 3. The molecule has 177 valence electrons. The van der Waals surface area contributed by atoms with Crippen LogP contribution in [0.15, 0.2) is 34.4 Å². The molecule has 0 bridgehead atoms. The van der Waals surface area contributed by atoms with Gasteiger partial charge in [-0.05, 0) is 0 Å². The van der Waals surface area contributed by atoms with Crippen LogP contribution >= 0.6 is 0 Å². The van der Waals surface area contributed by atoms with E-state index in [4.69, 9.17) is 15.3 Å². The summed E-state index contributed by atoms with van der Waals surface area (Å²) in [6.07, 6.45) is 0. The molecular weight excluding hydrogens is 517 g/mol. The first-order chi connectivity index (χ1) is 13.4. The van der Waals surface area contributed by atoms with Gasteiger partial charge in [0.2, 0.25) is 17.3 Å². The average Bonchev–Trinajstić information content (AvgIpc) is 2.43. The van der Waals surface area contributed by atoms with Crippen LogP contribution in [0.1, 0.15) is 41.5 Å². The number of nitro groups is 3. The minimum atomic E-state index is -0.905. The van der Waals surface area contributed by atoms with Crippen LogP contribution in [-0.2, 0) is 33.9 Å². The molecular formula is C15H21N3O12Rh. The number of aliphatic hydroxyl groups excluding tert-OH is 3. The van der Waals surface area contributed by atoms with E-state index in [9.17, 15) is 44.7 Å². The predicted molar refractivity (Wildman–Crippen MR) is 99.0 cm³/mol. The number of allylic oxidation sites excluding steroid dienone is 6. The standard InChI is InChI=1S/3C5H7NO4.Rh/c3*1-3(7)5(4(2)8)6(9)10;/h3*7H,1-2H3;/b3*5-3+;. The van der Waals surface area contributed by atoms with Crippen LogP contribution in [-0.4, -0.2) is 47.4 Å². The van der Waals surface area contributed by atoms with E-state index >= 15 is 0 Å². The average molecular weight is 538 g/mol. The Morgan fingerprint density at radius 3 is 0.645 bits per heavy atom. The minimum Gasteiger partial charge on any atom is -0.506 e. The van der Waals surface area contributed by atoms with Crippen molar-refractivity contribution < 1.29 is 64.0 Å². The molecule has 31 heavy (non-hydrogen) atoms. The van der Waals surface area contributed by atoms with Gasteiger partial charge in [-0.1, -0.05) is 0 Å². The largest absolute Gasteiger partial charge is 0.506 e. The second-order valence-electron chi connectivity index (χ2n) is 5.24. The summed E-state index contributed by atoms with van der Waals surface area (Å²) >= 11 is 0. The van der Waals surface area contributed by atoms with Crippen molar-refractivity contribution in [2.45, 2.75) is 41.5 Å². The minimum absolute atomic E-state index is 0. The number of hydrogen-bond acceptors (Lipinski definition) is 12. The van der Waals surface area contributed by atoms with Crippen LogP contribution < -0.4 is 0 Å². The molecule has 0 aliphatic heterocycles. The van der Waals surface area contributed by atoms with Crippen LogP contribution in [0.4, 0.5) is 0 Å². The smallest absolute Gasteiger partial charge is 0.348 e. The van der Waals surface area contributed by atoms with Crippen molar-refractivity contribution in [1.82, 2.24) is 0 Å². The number of hydrogen-bond donors (Lipinski definition) is 3. The van der Waals surface area contributed by atoms with Gasteiger partial charge < -0.3 is 15.3 Å². The summed E-state index contributed by atoms with van der Waals surface area (Å²) in [5.41, 5.74) is -2.25. The van der Waals surface area contributed by atoms with Gasteiger partial charge >= 0.3 is 17.1 Å². The van der Waals surface area contributed by atoms with Crippen LogP contribution in [0.25, 0.3) is 0 Å². The fourth-order valence-corrected chi connectivity index (χ4v) is 1.55. The number of carbonyl (C=O) groups excluding carboxylic acids is 3. The van der Waals surface area contributed by atoms with E-state index < -0.39 is 66.5 Å². The quantitative estimate of drug-likeness (QED) is 0.144. The maximum atomic E-state index is 10.4. The zero-order valence-corrected chi connectivity index (χ0v) is 18.8. The molecule has 0 saturated heterocycles. The number of carbonyl (C=O) groups is 3. The molecule has 0 aromatic carbocycles.